The number of halogens is 5. The zero-order valence-electron chi connectivity index (χ0n) is 10.5. The lowest BCUT2D eigenvalue weighted by Crippen LogP contribution is -2.40. The maximum Gasteiger partial charge on any atom is 0.302 e. The van der Waals surface area contributed by atoms with E-state index in [1.165, 1.54) is 11.7 Å². The molecule has 0 rings (SSSR count). The second kappa shape index (κ2) is 6.70. The largest absolute Gasteiger partial charge is 0.302 e. The first-order valence-corrected chi connectivity index (χ1v) is 10.8. The highest BCUT2D eigenvalue weighted by Crippen LogP contribution is 2.76. The summed E-state index contributed by atoms with van der Waals surface area (Å²) >= 11 is 29.0. The van der Waals surface area contributed by atoms with Gasteiger partial charge >= 0.3 is 5.85 Å². The van der Waals surface area contributed by atoms with Gasteiger partial charge in [-0.2, -0.15) is 4.26 Å². The molecule has 0 heterocycles. The maximum absolute atomic E-state index is 11.8. The fraction of sp³-hybridized carbons (Fsp3) is 1.00. The van der Waals surface area contributed by atoms with Crippen molar-refractivity contribution >= 4 is 70.8 Å². The van der Waals surface area contributed by atoms with Gasteiger partial charge in [-0.05, 0) is 57.7 Å². The minimum atomic E-state index is -3.86. The molecule has 0 aliphatic carbocycles. The van der Waals surface area contributed by atoms with E-state index in [0.29, 0.717) is 0 Å². The predicted molar refractivity (Wildman–Crippen MR) is 84.1 cm³/mol. The second-order valence-corrected chi connectivity index (χ2v) is 14.4. The summed E-state index contributed by atoms with van der Waals surface area (Å²) in [4.78, 5) is 0. The Morgan fingerprint density at radius 1 is 1.00 bits per heavy atom. The van der Waals surface area contributed by atoms with E-state index in [0.717, 1.165) is 0 Å². The van der Waals surface area contributed by atoms with Crippen molar-refractivity contribution in [3.63, 3.8) is 0 Å². The van der Waals surface area contributed by atoms with Crippen molar-refractivity contribution in [2.45, 2.75) is 4.20 Å². The van der Waals surface area contributed by atoms with Crippen LogP contribution >= 0.6 is 70.8 Å². The highest BCUT2D eigenvalue weighted by molar-refractivity contribution is 8.11. The molecule has 0 saturated carbocycles. The minimum Gasteiger partial charge on any atom is -0.284 e. The van der Waals surface area contributed by atoms with Gasteiger partial charge in [-0.1, -0.05) is 23.2 Å². The monoisotopic (exact) mass is 396 g/mol. The molecule has 0 aromatic rings. The number of rotatable bonds is 5. The molecular formula is C6H15Cl5N4OP2. The van der Waals surface area contributed by atoms with Crippen LogP contribution in [0, 0.1) is 0 Å². The van der Waals surface area contributed by atoms with E-state index in [9.17, 15) is 4.57 Å². The first-order valence-electron chi connectivity index (χ1n) is 4.55. The van der Waals surface area contributed by atoms with Gasteiger partial charge in [0.25, 0.3) is 4.20 Å². The fourth-order valence-corrected chi connectivity index (χ4v) is 7.69. The van der Waals surface area contributed by atoms with Crippen LogP contribution < -0.4 is 0 Å². The SMILES string of the molecule is CN(C)P(=NCl)(N(C)C)N(C)C(Cl)(Cl)P(=O)(Cl)Cl. The zero-order chi connectivity index (χ0) is 14.9. The predicted octanol–water partition coefficient (Wildman–Crippen LogP) is 4.90. The molecule has 0 amide bonds. The van der Waals surface area contributed by atoms with E-state index in [4.69, 9.17) is 57.5 Å². The molecule has 12 heteroatoms. The lowest BCUT2D eigenvalue weighted by Gasteiger charge is -2.45. The van der Waals surface area contributed by atoms with Crippen LogP contribution in [-0.2, 0) is 4.57 Å². The van der Waals surface area contributed by atoms with Crippen molar-refractivity contribution in [1.82, 2.24) is 14.0 Å². The molecule has 0 bridgehead atoms. The van der Waals surface area contributed by atoms with Gasteiger partial charge in [0.1, 0.15) is 0 Å². The molecular weight excluding hydrogens is 383 g/mol. The standard InChI is InChI=1S/C6H15Cl5N4OP2/c1-13(2)18(12-9,14(3)4)15(5)6(7,8)17(10,11)16/h1-5H3. The lowest BCUT2D eigenvalue weighted by molar-refractivity contribution is 0.430. The molecule has 110 valence electrons. The van der Waals surface area contributed by atoms with E-state index in [1.807, 2.05) is 0 Å². The quantitative estimate of drug-likeness (QED) is 0.375. The van der Waals surface area contributed by atoms with Crippen LogP contribution in [0.5, 0.6) is 0 Å². The minimum absolute atomic E-state index is 1.33. The van der Waals surface area contributed by atoms with E-state index in [2.05, 4.69) is 4.26 Å². The van der Waals surface area contributed by atoms with Gasteiger partial charge in [0.05, 0.1) is 0 Å². The molecule has 0 unspecified atom stereocenters. The molecule has 0 aromatic heterocycles. The smallest absolute Gasteiger partial charge is 0.284 e. The van der Waals surface area contributed by atoms with Gasteiger partial charge in [-0.15, -0.1) is 0 Å². The van der Waals surface area contributed by atoms with E-state index in [1.54, 1.807) is 37.5 Å². The molecule has 0 aromatic carbocycles. The van der Waals surface area contributed by atoms with Crippen molar-refractivity contribution < 1.29 is 4.57 Å². The van der Waals surface area contributed by atoms with Crippen LogP contribution in [0.1, 0.15) is 0 Å². The topological polar surface area (TPSA) is 39.1 Å². The van der Waals surface area contributed by atoms with Crippen molar-refractivity contribution in [3.05, 3.63) is 0 Å². The number of hydrogen-bond acceptors (Lipinski definition) is 2. The molecule has 0 radical (unpaired) electrons. The summed E-state index contributed by atoms with van der Waals surface area (Å²) in [5.41, 5.74) is 0. The molecule has 0 aliphatic rings. The van der Waals surface area contributed by atoms with Crippen LogP contribution in [-0.4, -0.2) is 53.4 Å². The summed E-state index contributed by atoms with van der Waals surface area (Å²) in [6.45, 7) is 0. The van der Waals surface area contributed by atoms with E-state index >= 15 is 0 Å². The molecule has 18 heavy (non-hydrogen) atoms. The number of hydrogen-bond donors (Lipinski definition) is 0. The Labute approximate surface area is 133 Å². The Morgan fingerprint density at radius 2 is 1.33 bits per heavy atom. The Balaban J connectivity index is 5.94. The Kier molecular flexibility index (Phi) is 7.37. The summed E-state index contributed by atoms with van der Waals surface area (Å²) in [7, 11) is 5.84. The molecule has 0 fully saturated rings. The van der Waals surface area contributed by atoms with Crippen LogP contribution in [0.4, 0.5) is 0 Å². The van der Waals surface area contributed by atoms with Crippen molar-refractivity contribution in [1.29, 1.82) is 0 Å². The van der Waals surface area contributed by atoms with Gasteiger partial charge in [0, 0.05) is 11.8 Å². The van der Waals surface area contributed by atoms with E-state index < -0.39 is 17.6 Å². The lowest BCUT2D eigenvalue weighted by atomic mass is 11.2. The molecule has 5 nitrogen and oxygen atoms in total. The van der Waals surface area contributed by atoms with Gasteiger partial charge in [0.2, 0.25) is 0 Å². The summed E-state index contributed by atoms with van der Waals surface area (Å²) < 4.78 is 18.4. The van der Waals surface area contributed by atoms with Crippen LogP contribution in [0.15, 0.2) is 4.26 Å². The van der Waals surface area contributed by atoms with Gasteiger partial charge in [-0.3, -0.25) is 13.9 Å². The van der Waals surface area contributed by atoms with Crippen LogP contribution in [0.25, 0.3) is 0 Å². The summed E-state index contributed by atoms with van der Waals surface area (Å²) in [6.07, 6.45) is 0. The van der Waals surface area contributed by atoms with Gasteiger partial charge in [-0.25, -0.2) is 4.67 Å². The van der Waals surface area contributed by atoms with Crippen LogP contribution in [0.2, 0.25) is 0 Å². The third kappa shape index (κ3) is 3.51. The highest BCUT2D eigenvalue weighted by atomic mass is 35.9. The first-order chi connectivity index (χ1) is 7.85. The summed E-state index contributed by atoms with van der Waals surface area (Å²) in [5.74, 6) is -3.86. The van der Waals surface area contributed by atoms with Crippen LogP contribution in [0.3, 0.4) is 0 Å². The average Bonchev–Trinajstić information content (AvgIpc) is 2.16. The van der Waals surface area contributed by atoms with Crippen molar-refractivity contribution in [2.24, 2.45) is 4.26 Å². The first kappa shape index (κ1) is 19.8. The molecule has 0 atom stereocenters. The second-order valence-electron chi connectivity index (χ2n) is 3.80. The van der Waals surface area contributed by atoms with Gasteiger partial charge in [0.15, 0.2) is 7.51 Å². The number of nitrogens with zero attached hydrogens (tertiary/aromatic N) is 4. The number of alkyl halides is 2. The highest BCUT2D eigenvalue weighted by Gasteiger charge is 2.53. The van der Waals surface area contributed by atoms with Gasteiger partial charge < -0.3 is 0 Å². The Morgan fingerprint density at radius 3 is 1.50 bits per heavy atom. The van der Waals surface area contributed by atoms with E-state index in [-0.39, 0.29) is 0 Å². The summed E-state index contributed by atoms with van der Waals surface area (Å²) in [6, 6.07) is 0. The zero-order valence-corrected chi connectivity index (χ0v) is 16.0. The summed E-state index contributed by atoms with van der Waals surface area (Å²) in [5, 5.41) is 0. The average molecular weight is 398 g/mol. The third-order valence-electron chi connectivity index (χ3n) is 2.28. The maximum atomic E-state index is 11.8. The van der Waals surface area contributed by atoms with Crippen molar-refractivity contribution in [3.8, 4) is 0 Å². The molecule has 0 aliphatic heterocycles. The normalized spacial score (nSPS) is 14.7. The molecule has 0 saturated heterocycles. The Bertz CT molecular complexity index is 383. The fourth-order valence-electron chi connectivity index (χ4n) is 1.41. The van der Waals surface area contributed by atoms with Crippen molar-refractivity contribution in [2.75, 3.05) is 35.2 Å². The Hall–Kier alpha value is 1.79. The third-order valence-corrected chi connectivity index (χ3v) is 12.1. The molecule has 0 N–H and O–H groups in total. The molecule has 0 spiro atoms.